The number of hydrogen-bond donors (Lipinski definition) is 3. The maximum Gasteiger partial charge on any atom is 0.286 e. The number of hydrogen-bond acceptors (Lipinski definition) is 5. The van der Waals surface area contributed by atoms with Crippen LogP contribution in [0.1, 0.15) is 12.5 Å². The van der Waals surface area contributed by atoms with Gasteiger partial charge >= 0.3 is 0 Å². The van der Waals surface area contributed by atoms with Crippen LogP contribution in [0, 0.1) is 5.82 Å². The summed E-state index contributed by atoms with van der Waals surface area (Å²) in [7, 11) is 0. The maximum absolute atomic E-state index is 14.2. The highest BCUT2D eigenvalue weighted by atomic mass is 32.2. The van der Waals surface area contributed by atoms with Crippen LogP contribution in [0.4, 0.5) is 18.9 Å². The minimum absolute atomic E-state index is 0.00853. The molecule has 0 saturated carbocycles. The predicted molar refractivity (Wildman–Crippen MR) is 81.7 cm³/mol. The molecule has 1 aromatic carbocycles. The summed E-state index contributed by atoms with van der Waals surface area (Å²) in [5.41, 5.74) is 11.4. The van der Waals surface area contributed by atoms with Crippen LogP contribution in [-0.2, 0) is 16.8 Å². The molecule has 3 rings (SSSR count). The average Bonchev–Trinajstić information content (AvgIpc) is 2.42. The van der Waals surface area contributed by atoms with Gasteiger partial charge in [0.25, 0.3) is 5.92 Å². The van der Waals surface area contributed by atoms with Gasteiger partial charge in [-0.25, -0.2) is 18.2 Å². The van der Waals surface area contributed by atoms with E-state index in [1.165, 1.54) is 22.5 Å². The fraction of sp³-hybridized carbons (Fsp3) is 0.462. The number of benzene rings is 1. The van der Waals surface area contributed by atoms with E-state index in [1.807, 2.05) is 0 Å². The lowest BCUT2D eigenvalue weighted by atomic mass is 9.93. The van der Waals surface area contributed by atoms with Crippen LogP contribution in [0.15, 0.2) is 23.2 Å². The number of nitrogens with one attached hydrogen (secondary N) is 1. The van der Waals surface area contributed by atoms with E-state index in [4.69, 9.17) is 11.5 Å². The molecule has 0 amide bonds. The van der Waals surface area contributed by atoms with Gasteiger partial charge in [0, 0.05) is 11.3 Å². The Bertz CT molecular complexity index is 638. The number of rotatable bonds is 1. The Labute approximate surface area is 129 Å². The van der Waals surface area contributed by atoms with Crippen LogP contribution in [0.3, 0.4) is 0 Å². The van der Waals surface area contributed by atoms with Gasteiger partial charge in [-0.15, -0.1) is 9.03 Å². The molecule has 5 N–H and O–H groups in total. The summed E-state index contributed by atoms with van der Waals surface area (Å²) in [6, 6.07) is 4.26. The third kappa shape index (κ3) is 2.58. The van der Waals surface area contributed by atoms with E-state index in [1.54, 1.807) is 6.92 Å². The van der Waals surface area contributed by atoms with E-state index in [9.17, 15) is 13.2 Å². The highest BCUT2D eigenvalue weighted by molar-refractivity contribution is 7.93. The number of anilines is 1. The van der Waals surface area contributed by atoms with Crippen LogP contribution in [0.2, 0.25) is 0 Å². The maximum atomic E-state index is 14.2. The summed E-state index contributed by atoms with van der Waals surface area (Å²) in [6.07, 6.45) is 0. The number of nitrogens with zero attached hydrogens (tertiary/aromatic N) is 2. The number of nitrogens with two attached hydrogens (primary N) is 2. The number of guanidine groups is 1. The second-order valence-electron chi connectivity index (χ2n) is 5.71. The first-order valence-corrected chi connectivity index (χ1v) is 8.06. The molecular formula is C13H17F3N5S+. The fourth-order valence-corrected chi connectivity index (χ4v) is 4.79. The SMILES string of the molecule is C[C@@]1(c2cc(N)ccc2F)C[S+]2NCC(F)(F)CN2C(N)=N1. The van der Waals surface area contributed by atoms with Gasteiger partial charge in [0.2, 0.25) is 5.96 Å². The molecule has 0 aromatic heterocycles. The van der Waals surface area contributed by atoms with Gasteiger partial charge in [0.05, 0.1) is 0 Å². The van der Waals surface area contributed by atoms with Gasteiger partial charge in [-0.05, 0) is 25.1 Å². The summed E-state index contributed by atoms with van der Waals surface area (Å²) in [5, 5.41) is 0. The van der Waals surface area contributed by atoms with Crippen molar-refractivity contribution in [1.82, 2.24) is 9.03 Å². The van der Waals surface area contributed by atoms with E-state index in [-0.39, 0.29) is 5.96 Å². The zero-order chi connectivity index (χ0) is 16.1. The predicted octanol–water partition coefficient (Wildman–Crippen LogP) is 0.940. The van der Waals surface area contributed by atoms with Crippen molar-refractivity contribution >= 4 is 22.9 Å². The number of fused-ring (bicyclic) bond motifs is 1. The Hall–Kier alpha value is -1.61. The molecule has 2 heterocycles. The Kier molecular flexibility index (Phi) is 3.44. The molecule has 2 atom stereocenters. The van der Waals surface area contributed by atoms with Crippen LogP contribution in [-0.4, -0.2) is 35.0 Å². The van der Waals surface area contributed by atoms with Crippen LogP contribution >= 0.6 is 0 Å². The molecule has 0 spiro atoms. The van der Waals surface area contributed by atoms with Crippen molar-refractivity contribution in [3.8, 4) is 0 Å². The Morgan fingerprint density at radius 2 is 2.09 bits per heavy atom. The smallest absolute Gasteiger partial charge is 0.286 e. The van der Waals surface area contributed by atoms with E-state index >= 15 is 0 Å². The van der Waals surface area contributed by atoms with Crippen molar-refractivity contribution < 1.29 is 13.2 Å². The highest BCUT2D eigenvalue weighted by Gasteiger charge is 2.54. The third-order valence-electron chi connectivity index (χ3n) is 3.74. The van der Waals surface area contributed by atoms with Crippen LogP contribution < -0.4 is 16.2 Å². The molecule has 2 aliphatic rings. The zero-order valence-corrected chi connectivity index (χ0v) is 12.8. The standard InChI is InChI=1S/C13H16F3N5S/c1-12(9-4-8(17)2-3-10(9)14)7-22-19-5-13(15,16)6-21(22)11(18)20-12/h2-4H,5-7,17H2,1H3,(H2,18,20)/p+1/t12-,22?/m0/s1. The molecule has 0 bridgehead atoms. The molecule has 1 fully saturated rings. The Balaban J connectivity index is 2.00. The normalized spacial score (nSPS) is 30.6. The first-order valence-electron chi connectivity index (χ1n) is 6.71. The molecule has 120 valence electrons. The van der Waals surface area contributed by atoms with E-state index in [2.05, 4.69) is 9.71 Å². The van der Waals surface area contributed by atoms with E-state index in [0.29, 0.717) is 17.0 Å². The van der Waals surface area contributed by atoms with Gasteiger partial charge in [-0.2, -0.15) is 0 Å². The molecule has 1 unspecified atom stereocenters. The minimum atomic E-state index is -2.86. The molecule has 0 radical (unpaired) electrons. The number of nitrogen functional groups attached to an aromatic ring is 1. The van der Waals surface area contributed by atoms with Crippen molar-refractivity contribution in [2.45, 2.75) is 18.4 Å². The molecule has 1 aromatic rings. The van der Waals surface area contributed by atoms with Gasteiger partial charge in [-0.1, -0.05) is 0 Å². The highest BCUT2D eigenvalue weighted by Crippen LogP contribution is 2.36. The molecule has 9 heteroatoms. The molecule has 5 nitrogen and oxygen atoms in total. The fourth-order valence-electron chi connectivity index (χ4n) is 2.63. The first-order chi connectivity index (χ1) is 10.2. The van der Waals surface area contributed by atoms with Crippen molar-refractivity contribution in [1.29, 1.82) is 0 Å². The largest absolute Gasteiger partial charge is 0.399 e. The Morgan fingerprint density at radius 3 is 2.82 bits per heavy atom. The number of aliphatic imine (C=N–C) groups is 1. The van der Waals surface area contributed by atoms with Gasteiger partial charge in [0.1, 0.15) is 24.4 Å². The minimum Gasteiger partial charge on any atom is -0.399 e. The Morgan fingerprint density at radius 1 is 1.36 bits per heavy atom. The topological polar surface area (TPSA) is 79.7 Å². The number of halogens is 3. The van der Waals surface area contributed by atoms with E-state index in [0.717, 1.165) is 0 Å². The second kappa shape index (κ2) is 4.95. The second-order valence-corrected chi connectivity index (χ2v) is 7.45. The molecule has 0 aliphatic carbocycles. The van der Waals surface area contributed by atoms with Crippen molar-refractivity contribution in [3.63, 3.8) is 0 Å². The lowest BCUT2D eigenvalue weighted by molar-refractivity contribution is -0.00634. The summed E-state index contributed by atoms with van der Waals surface area (Å²) in [4.78, 5) is 4.29. The van der Waals surface area contributed by atoms with Crippen molar-refractivity contribution in [2.75, 3.05) is 24.6 Å². The average molecular weight is 332 g/mol. The summed E-state index contributed by atoms with van der Waals surface area (Å²) < 4.78 is 45.3. The monoisotopic (exact) mass is 332 g/mol. The lowest BCUT2D eigenvalue weighted by Crippen LogP contribution is -2.65. The van der Waals surface area contributed by atoms with Crippen LogP contribution in [0.5, 0.6) is 0 Å². The zero-order valence-electron chi connectivity index (χ0n) is 11.9. The van der Waals surface area contributed by atoms with Gasteiger partial charge in [0.15, 0.2) is 17.0 Å². The summed E-state index contributed by atoms with van der Waals surface area (Å²) in [5.74, 6) is -2.96. The van der Waals surface area contributed by atoms with Gasteiger partial charge < -0.3 is 11.5 Å². The first kappa shape index (κ1) is 15.3. The van der Waals surface area contributed by atoms with Crippen molar-refractivity contribution in [2.24, 2.45) is 10.7 Å². The van der Waals surface area contributed by atoms with Crippen molar-refractivity contribution in [3.05, 3.63) is 29.6 Å². The number of alkyl halides is 2. The lowest BCUT2D eigenvalue weighted by Gasteiger charge is -2.38. The molecule has 22 heavy (non-hydrogen) atoms. The van der Waals surface area contributed by atoms with E-state index < -0.39 is 41.6 Å². The third-order valence-corrected chi connectivity index (χ3v) is 5.90. The van der Waals surface area contributed by atoms with Gasteiger partial charge in [-0.3, -0.25) is 0 Å². The summed E-state index contributed by atoms with van der Waals surface area (Å²) >= 11 is -0.724. The molecule has 1 saturated heterocycles. The van der Waals surface area contributed by atoms with Crippen LogP contribution in [0.25, 0.3) is 0 Å². The summed E-state index contributed by atoms with van der Waals surface area (Å²) in [6.45, 7) is 0.833. The molecular weight excluding hydrogens is 315 g/mol. The molecule has 2 aliphatic heterocycles. The quantitative estimate of drug-likeness (QED) is 0.528.